The Bertz CT molecular complexity index is 890. The Labute approximate surface area is 197 Å². The van der Waals surface area contributed by atoms with Gasteiger partial charge in [0.05, 0.1) is 20.8 Å². The zero-order valence-electron chi connectivity index (χ0n) is 20.2. The van der Waals surface area contributed by atoms with Crippen molar-refractivity contribution in [1.29, 1.82) is 0 Å². The third kappa shape index (κ3) is 6.47. The van der Waals surface area contributed by atoms with Crippen molar-refractivity contribution in [3.05, 3.63) is 59.7 Å². The normalized spacial score (nSPS) is 18.3. The van der Waals surface area contributed by atoms with E-state index in [-0.39, 0.29) is 24.3 Å². The molecular weight excluding hydrogens is 420 g/mol. The van der Waals surface area contributed by atoms with Gasteiger partial charge in [0.25, 0.3) is 0 Å². The van der Waals surface area contributed by atoms with Crippen LogP contribution in [0.5, 0.6) is 11.5 Å². The highest BCUT2D eigenvalue weighted by molar-refractivity contribution is 5.77. The summed E-state index contributed by atoms with van der Waals surface area (Å²) in [5.74, 6) is 2.24. The molecule has 33 heavy (non-hydrogen) atoms. The van der Waals surface area contributed by atoms with E-state index in [9.17, 15) is 4.79 Å². The monoisotopic (exact) mass is 456 g/mol. The van der Waals surface area contributed by atoms with Gasteiger partial charge < -0.3 is 23.8 Å². The Morgan fingerprint density at radius 1 is 0.939 bits per heavy atom. The average Bonchev–Trinajstić information content (AvgIpc) is 3.23. The van der Waals surface area contributed by atoms with Gasteiger partial charge >= 0.3 is 0 Å². The molecule has 1 amide bonds. The molecule has 0 aromatic heterocycles. The lowest BCUT2D eigenvalue weighted by Crippen LogP contribution is -2.41. The van der Waals surface area contributed by atoms with Crippen molar-refractivity contribution in [2.75, 3.05) is 67.8 Å². The fourth-order valence-electron chi connectivity index (χ4n) is 4.69. The number of nitrogens with zero attached hydrogens (tertiary/aromatic N) is 2. The molecule has 180 valence electrons. The highest BCUT2D eigenvalue weighted by atomic mass is 16.5. The number of ether oxygens (including phenoxy) is 4. The quantitative estimate of drug-likeness (QED) is 0.489. The number of carbonyl (C=O) groups is 1. The van der Waals surface area contributed by atoms with Crippen molar-refractivity contribution in [3.63, 3.8) is 0 Å². The third-order valence-corrected chi connectivity index (χ3v) is 6.28. The van der Waals surface area contributed by atoms with Crippen molar-refractivity contribution in [2.24, 2.45) is 5.92 Å². The van der Waals surface area contributed by atoms with Crippen LogP contribution in [-0.4, -0.2) is 83.5 Å². The number of rotatable bonds is 12. The second-order valence-corrected chi connectivity index (χ2v) is 8.38. The van der Waals surface area contributed by atoms with Gasteiger partial charge in [0.2, 0.25) is 5.91 Å². The first-order valence-corrected chi connectivity index (χ1v) is 11.3. The molecule has 1 saturated heterocycles. The molecule has 7 heteroatoms. The zero-order valence-corrected chi connectivity index (χ0v) is 20.2. The molecule has 1 fully saturated rings. The average molecular weight is 457 g/mol. The highest BCUT2D eigenvalue weighted by Crippen LogP contribution is 2.39. The van der Waals surface area contributed by atoms with Crippen LogP contribution in [-0.2, 0) is 20.8 Å². The van der Waals surface area contributed by atoms with E-state index in [0.29, 0.717) is 19.7 Å². The Morgan fingerprint density at radius 2 is 1.64 bits per heavy atom. The molecule has 1 aliphatic rings. The molecule has 0 spiro atoms. The van der Waals surface area contributed by atoms with Crippen LogP contribution in [0.3, 0.4) is 0 Å². The molecule has 0 N–H and O–H groups in total. The maximum absolute atomic E-state index is 12.7. The smallest absolute Gasteiger partial charge is 0.248 e. The lowest BCUT2D eigenvalue weighted by atomic mass is 9.88. The largest absolute Gasteiger partial charge is 0.496 e. The summed E-state index contributed by atoms with van der Waals surface area (Å²) in [6.45, 7) is 4.27. The van der Waals surface area contributed by atoms with Gasteiger partial charge in [-0.2, -0.15) is 0 Å². The summed E-state index contributed by atoms with van der Waals surface area (Å²) >= 11 is 0. The van der Waals surface area contributed by atoms with Gasteiger partial charge in [0.1, 0.15) is 18.1 Å². The predicted octanol–water partition coefficient (Wildman–Crippen LogP) is 3.04. The Balaban J connectivity index is 1.86. The summed E-state index contributed by atoms with van der Waals surface area (Å²) in [7, 11) is 6.62. The number of methoxy groups -OCH3 is 4. The molecule has 2 aromatic rings. The number of hydrogen-bond donors (Lipinski definition) is 0. The predicted molar refractivity (Wildman–Crippen MR) is 128 cm³/mol. The van der Waals surface area contributed by atoms with Gasteiger partial charge in [0.15, 0.2) is 0 Å². The lowest BCUT2D eigenvalue weighted by molar-refractivity contribution is -0.136. The van der Waals surface area contributed by atoms with Crippen molar-refractivity contribution >= 4 is 5.91 Å². The molecule has 2 atom stereocenters. The first-order chi connectivity index (χ1) is 16.1. The van der Waals surface area contributed by atoms with Crippen molar-refractivity contribution in [3.8, 4) is 11.5 Å². The molecule has 1 heterocycles. The molecular formula is C26H36N2O5. The summed E-state index contributed by atoms with van der Waals surface area (Å²) in [6, 6.07) is 16.3. The molecule has 0 bridgehead atoms. The van der Waals surface area contributed by atoms with Crippen LogP contribution < -0.4 is 9.47 Å². The minimum Gasteiger partial charge on any atom is -0.496 e. The lowest BCUT2D eigenvalue weighted by Gasteiger charge is -2.29. The van der Waals surface area contributed by atoms with Crippen LogP contribution in [0.15, 0.2) is 48.5 Å². The van der Waals surface area contributed by atoms with Crippen molar-refractivity contribution in [2.45, 2.75) is 12.5 Å². The van der Waals surface area contributed by atoms with E-state index in [1.165, 1.54) is 5.56 Å². The first-order valence-electron chi connectivity index (χ1n) is 11.3. The van der Waals surface area contributed by atoms with Gasteiger partial charge in [-0.1, -0.05) is 36.4 Å². The SMILES string of the molecule is COCCN(C[C@@H]1CN(Cc2ccccc2OC)C[C@H]1c1ccccc1OC)C(=O)COC. The van der Waals surface area contributed by atoms with E-state index in [1.54, 1.807) is 28.4 Å². The summed E-state index contributed by atoms with van der Waals surface area (Å²) in [5, 5.41) is 0. The second kappa shape index (κ2) is 12.6. The van der Waals surface area contributed by atoms with Crippen molar-refractivity contribution in [1.82, 2.24) is 9.80 Å². The van der Waals surface area contributed by atoms with E-state index in [2.05, 4.69) is 23.1 Å². The van der Waals surface area contributed by atoms with Crippen LogP contribution >= 0.6 is 0 Å². The topological polar surface area (TPSA) is 60.5 Å². The highest BCUT2D eigenvalue weighted by Gasteiger charge is 2.37. The number of para-hydroxylation sites is 2. The summed E-state index contributed by atoms with van der Waals surface area (Å²) in [4.78, 5) is 17.1. The van der Waals surface area contributed by atoms with Crippen LogP contribution in [0, 0.1) is 5.92 Å². The van der Waals surface area contributed by atoms with Gasteiger partial charge in [-0.3, -0.25) is 9.69 Å². The fraction of sp³-hybridized carbons (Fsp3) is 0.500. The van der Waals surface area contributed by atoms with Crippen molar-refractivity contribution < 1.29 is 23.7 Å². The van der Waals surface area contributed by atoms with Gasteiger partial charge in [-0.15, -0.1) is 0 Å². The second-order valence-electron chi connectivity index (χ2n) is 8.38. The zero-order chi connectivity index (χ0) is 23.6. The van der Waals surface area contributed by atoms with Gasteiger partial charge in [-0.05, 0) is 23.6 Å². The first kappa shape index (κ1) is 25.0. The van der Waals surface area contributed by atoms with E-state index in [0.717, 1.165) is 36.7 Å². The third-order valence-electron chi connectivity index (χ3n) is 6.28. The van der Waals surface area contributed by atoms with Crippen LogP contribution in [0.4, 0.5) is 0 Å². The molecule has 1 aliphatic heterocycles. The molecule has 0 saturated carbocycles. The number of amides is 1. The number of likely N-dealkylation sites (tertiary alicyclic amines) is 1. The molecule has 3 rings (SSSR count). The maximum atomic E-state index is 12.7. The number of benzene rings is 2. The van der Waals surface area contributed by atoms with E-state index in [1.807, 2.05) is 35.2 Å². The molecule has 7 nitrogen and oxygen atoms in total. The maximum Gasteiger partial charge on any atom is 0.248 e. The standard InChI is InChI=1S/C26H36N2O5/c1-30-14-13-28(26(29)19-31-2)17-21-16-27(15-20-9-5-7-11-24(20)32-3)18-23(21)22-10-6-8-12-25(22)33-4/h5-12,21,23H,13-19H2,1-4H3/t21-,23+/m0/s1. The van der Waals surface area contributed by atoms with Crippen LogP contribution in [0.2, 0.25) is 0 Å². The Hall–Kier alpha value is -2.61. The molecule has 0 aliphatic carbocycles. The van der Waals surface area contributed by atoms with Gasteiger partial charge in [-0.25, -0.2) is 0 Å². The Morgan fingerprint density at radius 3 is 2.33 bits per heavy atom. The minimum absolute atomic E-state index is 0.0171. The summed E-state index contributed by atoms with van der Waals surface area (Å²) in [6.07, 6.45) is 0. The van der Waals surface area contributed by atoms with E-state index in [4.69, 9.17) is 18.9 Å². The minimum atomic E-state index is -0.0171. The fourth-order valence-corrected chi connectivity index (χ4v) is 4.69. The molecule has 2 aromatic carbocycles. The summed E-state index contributed by atoms with van der Waals surface area (Å²) in [5.41, 5.74) is 2.34. The van der Waals surface area contributed by atoms with E-state index < -0.39 is 0 Å². The van der Waals surface area contributed by atoms with Crippen LogP contribution in [0.25, 0.3) is 0 Å². The number of hydrogen-bond acceptors (Lipinski definition) is 6. The van der Waals surface area contributed by atoms with Crippen LogP contribution in [0.1, 0.15) is 17.0 Å². The van der Waals surface area contributed by atoms with E-state index >= 15 is 0 Å². The Kier molecular flexibility index (Phi) is 9.54. The van der Waals surface area contributed by atoms with Gasteiger partial charge in [0, 0.05) is 58.4 Å². The molecule has 0 radical (unpaired) electrons. The molecule has 0 unspecified atom stereocenters. The number of carbonyl (C=O) groups excluding carboxylic acids is 1. The summed E-state index contributed by atoms with van der Waals surface area (Å²) < 4.78 is 21.6.